The van der Waals surface area contributed by atoms with Crippen molar-refractivity contribution in [1.29, 1.82) is 0 Å². The van der Waals surface area contributed by atoms with Gasteiger partial charge in [0.05, 0.1) is 37.5 Å². The van der Waals surface area contributed by atoms with E-state index in [4.69, 9.17) is 28.9 Å². The van der Waals surface area contributed by atoms with E-state index in [9.17, 15) is 15.0 Å². The predicted octanol–water partition coefficient (Wildman–Crippen LogP) is 7.72. The summed E-state index contributed by atoms with van der Waals surface area (Å²) in [5.74, 6) is 0.408. The topological polar surface area (TPSA) is 132 Å². The van der Waals surface area contributed by atoms with Gasteiger partial charge in [-0.1, -0.05) is 55.3 Å². The molecule has 1 aromatic heterocycles. The van der Waals surface area contributed by atoms with E-state index < -0.39 is 17.7 Å². The molecule has 1 amide bonds. The summed E-state index contributed by atoms with van der Waals surface area (Å²) in [5, 5.41) is 24.5. The number of ether oxygens (including phenoxy) is 4. The lowest BCUT2D eigenvalue weighted by Gasteiger charge is -2.60. The van der Waals surface area contributed by atoms with Crippen molar-refractivity contribution in [2.24, 2.45) is 22.9 Å². The molecule has 0 bridgehead atoms. The number of pyridine rings is 1. The number of benzene rings is 2. The number of aliphatic hydroxyl groups excluding tert-OH is 2. The van der Waals surface area contributed by atoms with Gasteiger partial charge in [-0.3, -0.25) is 9.78 Å². The number of aliphatic hydroxyl groups is 2. The number of aromatic nitrogens is 1. The normalized spacial score (nSPS) is 23.9. The summed E-state index contributed by atoms with van der Waals surface area (Å²) < 4.78 is 26.3. The Balaban J connectivity index is 1.53. The van der Waals surface area contributed by atoms with Crippen LogP contribution < -0.4 is 14.2 Å². The van der Waals surface area contributed by atoms with E-state index in [1.165, 1.54) is 0 Å². The molecular weight excluding hydrogens is 735 g/mol. The SMILES string of the molecule is C=CCOC12Oc3ccc(OCc4cccc(C)n4)cc3C3C(CCCCO)C(CCCCO)C=C(C(=NOC)CC1N(CCC)C(=O)Cc1cccc(OC)c1)C32. The van der Waals surface area contributed by atoms with Crippen LogP contribution in [-0.2, 0) is 27.4 Å². The maximum atomic E-state index is 14.7. The maximum Gasteiger partial charge on any atom is 0.239 e. The first-order chi connectivity index (χ1) is 28.3. The van der Waals surface area contributed by atoms with E-state index in [1.807, 2.05) is 66.4 Å². The molecule has 3 aliphatic rings. The van der Waals surface area contributed by atoms with Crippen molar-refractivity contribution in [3.63, 3.8) is 0 Å². The maximum absolute atomic E-state index is 14.7. The Kier molecular flexibility index (Phi) is 15.0. The fourth-order valence-electron chi connectivity index (χ4n) is 9.44. The molecule has 1 aliphatic heterocycles. The first kappa shape index (κ1) is 42.9. The van der Waals surface area contributed by atoms with Gasteiger partial charge in [-0.2, -0.15) is 0 Å². The van der Waals surface area contributed by atoms with E-state index in [1.54, 1.807) is 20.3 Å². The lowest BCUT2D eigenvalue weighted by atomic mass is 9.55. The number of hydrogen-bond donors (Lipinski definition) is 2. The van der Waals surface area contributed by atoms with Crippen LogP contribution >= 0.6 is 0 Å². The number of nitrogens with zero attached hydrogens (tertiary/aromatic N) is 3. The summed E-state index contributed by atoms with van der Waals surface area (Å²) in [5.41, 5.74) is 5.38. The van der Waals surface area contributed by atoms with Crippen LogP contribution in [0.2, 0.25) is 0 Å². The highest BCUT2D eigenvalue weighted by Crippen LogP contribution is 2.62. The smallest absolute Gasteiger partial charge is 0.239 e. The largest absolute Gasteiger partial charge is 0.497 e. The van der Waals surface area contributed by atoms with E-state index in [0.717, 1.165) is 65.9 Å². The zero-order valence-corrected chi connectivity index (χ0v) is 34.6. The van der Waals surface area contributed by atoms with Gasteiger partial charge in [0.25, 0.3) is 0 Å². The average molecular weight is 796 g/mol. The van der Waals surface area contributed by atoms with E-state index in [0.29, 0.717) is 49.7 Å². The van der Waals surface area contributed by atoms with Crippen LogP contribution in [0.1, 0.15) is 86.7 Å². The standard InChI is InChI=1S/C47H61N3O8/c1-6-22-50(44(53)27-33-15-13-18-36(26-33)54-4)43-30-41(49-55-5)39-28-34(16-8-10-23-51)38(19-9-11-24-52)45-40-29-37(56-31-35-17-12-14-32(3)48-35)20-21-42(40)58-47(43,46(39)45)57-25-7-2/h7,12-15,17-18,20-21,26,28-29,34,38,43,45-46,51-52H,2,6,8-11,16,19,22-25,27,30-31H2,1,3-5H3. The monoisotopic (exact) mass is 795 g/mol. The Morgan fingerprint density at radius 1 is 1.03 bits per heavy atom. The molecule has 1 fully saturated rings. The molecule has 3 aromatic rings. The van der Waals surface area contributed by atoms with Gasteiger partial charge in [0.15, 0.2) is 0 Å². The lowest BCUT2D eigenvalue weighted by Crippen LogP contribution is -2.70. The minimum Gasteiger partial charge on any atom is -0.497 e. The molecule has 2 N–H and O–H groups in total. The van der Waals surface area contributed by atoms with Crippen molar-refractivity contribution < 1.29 is 38.8 Å². The number of unbranched alkanes of at least 4 members (excludes halogenated alkanes) is 2. The van der Waals surface area contributed by atoms with Gasteiger partial charge in [0.2, 0.25) is 11.7 Å². The number of aryl methyl sites for hydroxylation is 1. The van der Waals surface area contributed by atoms with Crippen LogP contribution in [0, 0.1) is 24.7 Å². The van der Waals surface area contributed by atoms with Gasteiger partial charge in [-0.15, -0.1) is 6.58 Å². The van der Waals surface area contributed by atoms with Gasteiger partial charge in [-0.25, -0.2) is 0 Å². The zero-order chi connectivity index (χ0) is 41.1. The Morgan fingerprint density at radius 3 is 2.55 bits per heavy atom. The molecule has 1 saturated carbocycles. The first-order valence-electron chi connectivity index (χ1n) is 20.9. The molecule has 0 spiro atoms. The third kappa shape index (κ3) is 9.43. The Labute approximate surface area is 343 Å². The van der Waals surface area contributed by atoms with Crippen LogP contribution in [0.5, 0.6) is 17.2 Å². The highest BCUT2D eigenvalue weighted by molar-refractivity contribution is 6.03. The molecule has 2 aromatic carbocycles. The second-order valence-electron chi connectivity index (χ2n) is 15.6. The average Bonchev–Trinajstić information content (AvgIpc) is 3.23. The number of methoxy groups -OCH3 is 1. The Bertz CT molecular complexity index is 1910. The quantitative estimate of drug-likeness (QED) is 0.0632. The van der Waals surface area contributed by atoms with Gasteiger partial charge >= 0.3 is 0 Å². The molecule has 312 valence electrons. The summed E-state index contributed by atoms with van der Waals surface area (Å²) >= 11 is 0. The molecule has 6 unspecified atom stereocenters. The number of hydrogen-bond acceptors (Lipinski definition) is 10. The van der Waals surface area contributed by atoms with Crippen LogP contribution in [0.15, 0.2) is 90.1 Å². The van der Waals surface area contributed by atoms with E-state index in [-0.39, 0.29) is 49.9 Å². The summed E-state index contributed by atoms with van der Waals surface area (Å²) in [7, 11) is 3.19. The number of oxime groups is 1. The number of amides is 1. The second kappa shape index (κ2) is 20.3. The minimum atomic E-state index is -1.32. The van der Waals surface area contributed by atoms with Crippen molar-refractivity contribution in [2.45, 2.75) is 96.0 Å². The van der Waals surface area contributed by atoms with Gasteiger partial charge in [0, 0.05) is 43.4 Å². The minimum absolute atomic E-state index is 0.0532. The molecule has 6 atom stereocenters. The molecule has 0 saturated heterocycles. The highest BCUT2D eigenvalue weighted by Gasteiger charge is 2.65. The van der Waals surface area contributed by atoms with Crippen LogP contribution in [0.4, 0.5) is 0 Å². The molecule has 58 heavy (non-hydrogen) atoms. The number of carbonyl (C=O) groups excluding carboxylic acids is 1. The summed E-state index contributed by atoms with van der Waals surface area (Å²) in [4.78, 5) is 26.9. The van der Waals surface area contributed by atoms with Crippen molar-refractivity contribution in [1.82, 2.24) is 9.88 Å². The Hall–Kier alpha value is -4.71. The predicted molar refractivity (Wildman–Crippen MR) is 224 cm³/mol. The molecule has 11 heteroatoms. The molecule has 0 radical (unpaired) electrons. The number of allylic oxidation sites excluding steroid dienone is 1. The zero-order valence-electron chi connectivity index (χ0n) is 34.6. The molecule has 11 nitrogen and oxygen atoms in total. The van der Waals surface area contributed by atoms with Crippen LogP contribution in [0.25, 0.3) is 0 Å². The van der Waals surface area contributed by atoms with E-state index in [2.05, 4.69) is 30.6 Å². The van der Waals surface area contributed by atoms with Crippen molar-refractivity contribution >= 4 is 11.6 Å². The molecule has 2 aliphatic carbocycles. The number of fused-ring (bicyclic) bond motifs is 2. The summed E-state index contributed by atoms with van der Waals surface area (Å²) in [6, 6.07) is 19.0. The van der Waals surface area contributed by atoms with Crippen molar-refractivity contribution in [3.05, 3.63) is 107 Å². The second-order valence-corrected chi connectivity index (χ2v) is 15.6. The van der Waals surface area contributed by atoms with Gasteiger partial charge in [-0.05, 0) is 104 Å². The fraction of sp³-hybridized carbons (Fsp3) is 0.511. The Morgan fingerprint density at radius 2 is 1.83 bits per heavy atom. The number of rotatable bonds is 21. The third-order valence-electron chi connectivity index (χ3n) is 11.8. The summed E-state index contributed by atoms with van der Waals surface area (Å²) in [6.07, 6.45) is 10.1. The third-order valence-corrected chi connectivity index (χ3v) is 11.8. The highest BCUT2D eigenvalue weighted by atomic mass is 16.7. The lowest BCUT2D eigenvalue weighted by molar-refractivity contribution is -0.257. The number of carbonyl (C=O) groups is 1. The van der Waals surface area contributed by atoms with E-state index >= 15 is 0 Å². The molecule has 2 heterocycles. The van der Waals surface area contributed by atoms with Crippen molar-refractivity contribution in [3.8, 4) is 17.2 Å². The summed E-state index contributed by atoms with van der Waals surface area (Å²) in [6.45, 7) is 9.30. The fourth-order valence-corrected chi connectivity index (χ4v) is 9.44. The van der Waals surface area contributed by atoms with Crippen LogP contribution in [0.3, 0.4) is 0 Å². The van der Waals surface area contributed by atoms with Gasteiger partial charge < -0.3 is 38.9 Å². The molecular formula is C47H61N3O8. The van der Waals surface area contributed by atoms with Crippen LogP contribution in [-0.4, -0.2) is 84.1 Å². The van der Waals surface area contributed by atoms with Gasteiger partial charge in [0.1, 0.15) is 37.0 Å². The molecule has 6 rings (SSSR count). The van der Waals surface area contributed by atoms with Crippen molar-refractivity contribution in [2.75, 3.05) is 40.6 Å². The first-order valence-corrected chi connectivity index (χ1v) is 20.9.